The fraction of sp³-hybridized carbons (Fsp3) is 0.607. The molecule has 0 saturated heterocycles. The number of hydrogen-bond donors (Lipinski definition) is 0. The third kappa shape index (κ3) is 52.7. The smallest absolute Gasteiger partial charge is 0.306 e. The lowest BCUT2D eigenvalue weighted by molar-refractivity contribution is -0.162. The van der Waals surface area contributed by atoms with Gasteiger partial charge in [0.05, 0.1) is 6.61 Å². The average Bonchev–Trinajstić information content (AvgIpc) is 3.32. The molecule has 5 heteroatoms. The Bertz CT molecular complexity index is 1400. The van der Waals surface area contributed by atoms with E-state index in [1.807, 2.05) is 6.08 Å². The molecular formula is C61H98O5. The molecule has 0 aliphatic carbocycles. The van der Waals surface area contributed by atoms with E-state index in [4.69, 9.17) is 14.2 Å². The highest BCUT2D eigenvalue weighted by atomic mass is 16.6. The molecule has 0 bridgehead atoms. The lowest BCUT2D eigenvalue weighted by atomic mass is 10.1. The number of carbonyl (C=O) groups excluding carboxylic acids is 2. The summed E-state index contributed by atoms with van der Waals surface area (Å²) in [6.45, 7) is 7.41. The van der Waals surface area contributed by atoms with Crippen LogP contribution in [0.5, 0.6) is 0 Å². The number of carbonyl (C=O) groups is 2. The van der Waals surface area contributed by atoms with Crippen molar-refractivity contribution < 1.29 is 23.8 Å². The topological polar surface area (TPSA) is 61.8 Å². The standard InChI is InChI=1S/C61H98O5/c1-4-7-10-13-16-19-22-25-28-30-31-33-34-36-39-42-45-48-51-54-60(62)65-58-59(57-64-56-53-50-47-44-41-38-27-24-21-18-15-12-9-6-3)66-61(63)55-52-49-46-43-40-37-35-32-29-26-23-20-17-14-11-8-5-2/h7-8,10-12,15-17,19-21,24-26,28-29,31,33,36,39,45,48,59H,4-6,9,13-14,18,22-23,27,30,32,34-35,37-38,40-44,46-47,49-58H2,1-3H3/b10-7-,11-8-,15-12-,19-16-,20-17-,24-21-,28-25-,29-26-,33-31-,39-36-,48-45-. The van der Waals surface area contributed by atoms with Crippen LogP contribution in [0, 0.1) is 0 Å². The molecule has 66 heavy (non-hydrogen) atoms. The zero-order valence-electron chi connectivity index (χ0n) is 42.7. The lowest BCUT2D eigenvalue weighted by Gasteiger charge is -2.18. The van der Waals surface area contributed by atoms with Gasteiger partial charge in [-0.25, -0.2) is 0 Å². The van der Waals surface area contributed by atoms with Crippen molar-refractivity contribution in [3.05, 3.63) is 134 Å². The van der Waals surface area contributed by atoms with Crippen LogP contribution in [-0.4, -0.2) is 37.9 Å². The molecule has 0 aromatic rings. The van der Waals surface area contributed by atoms with Crippen LogP contribution in [0.1, 0.15) is 213 Å². The molecule has 0 heterocycles. The average molecular weight is 911 g/mol. The van der Waals surface area contributed by atoms with Crippen LogP contribution in [0.15, 0.2) is 134 Å². The van der Waals surface area contributed by atoms with Crippen molar-refractivity contribution >= 4 is 11.9 Å². The second-order valence-electron chi connectivity index (χ2n) is 17.0. The summed E-state index contributed by atoms with van der Waals surface area (Å²) in [5.74, 6) is -0.520. The molecule has 0 N–H and O–H groups in total. The normalized spacial score (nSPS) is 13.3. The van der Waals surface area contributed by atoms with Crippen molar-refractivity contribution in [3.63, 3.8) is 0 Å². The number of esters is 2. The number of ether oxygens (including phenoxy) is 3. The maximum Gasteiger partial charge on any atom is 0.306 e. The van der Waals surface area contributed by atoms with Gasteiger partial charge in [-0.15, -0.1) is 0 Å². The van der Waals surface area contributed by atoms with E-state index in [1.54, 1.807) is 0 Å². The number of hydrogen-bond acceptors (Lipinski definition) is 5. The predicted molar refractivity (Wildman–Crippen MR) is 288 cm³/mol. The molecule has 0 saturated carbocycles. The van der Waals surface area contributed by atoms with Crippen molar-refractivity contribution in [3.8, 4) is 0 Å². The Morgan fingerprint density at radius 2 is 0.712 bits per heavy atom. The summed E-state index contributed by atoms with van der Waals surface area (Å²) >= 11 is 0. The first-order valence-electron chi connectivity index (χ1n) is 26.7. The highest BCUT2D eigenvalue weighted by molar-refractivity contribution is 5.70. The van der Waals surface area contributed by atoms with Crippen molar-refractivity contribution in [2.45, 2.75) is 219 Å². The summed E-state index contributed by atoms with van der Waals surface area (Å²) in [5.41, 5.74) is 0. The van der Waals surface area contributed by atoms with E-state index in [0.29, 0.717) is 25.9 Å². The summed E-state index contributed by atoms with van der Waals surface area (Å²) in [6.07, 6.45) is 79.0. The monoisotopic (exact) mass is 911 g/mol. The Hall–Kier alpha value is -3.96. The van der Waals surface area contributed by atoms with Gasteiger partial charge in [0.15, 0.2) is 6.10 Å². The Kier molecular flexibility index (Phi) is 52.0. The Labute approximate surface area is 407 Å². The van der Waals surface area contributed by atoms with E-state index < -0.39 is 6.10 Å². The molecule has 5 nitrogen and oxygen atoms in total. The van der Waals surface area contributed by atoms with Gasteiger partial charge in [-0.2, -0.15) is 0 Å². The van der Waals surface area contributed by atoms with Crippen LogP contribution in [0.25, 0.3) is 0 Å². The predicted octanol–water partition coefficient (Wildman–Crippen LogP) is 18.3. The molecular weight excluding hydrogens is 813 g/mol. The van der Waals surface area contributed by atoms with Gasteiger partial charge in [-0.05, 0) is 116 Å². The van der Waals surface area contributed by atoms with Crippen LogP contribution >= 0.6 is 0 Å². The van der Waals surface area contributed by atoms with Gasteiger partial charge in [0.25, 0.3) is 0 Å². The first-order valence-corrected chi connectivity index (χ1v) is 26.7. The fourth-order valence-corrected chi connectivity index (χ4v) is 6.76. The van der Waals surface area contributed by atoms with E-state index in [1.165, 1.54) is 64.2 Å². The van der Waals surface area contributed by atoms with Crippen LogP contribution < -0.4 is 0 Å². The van der Waals surface area contributed by atoms with E-state index >= 15 is 0 Å². The van der Waals surface area contributed by atoms with Crippen LogP contribution in [0.3, 0.4) is 0 Å². The molecule has 0 aromatic heterocycles. The molecule has 0 aliphatic heterocycles. The number of unbranched alkanes of at least 4 members (excludes halogenated alkanes) is 14. The second-order valence-corrected chi connectivity index (χ2v) is 17.0. The molecule has 372 valence electrons. The SMILES string of the molecule is CC/C=C\C/C=C\C/C=C\C/C=C\C/C=C\C/C=C\CCC(=O)OCC(COCCCCCCCC/C=C\C/C=C\CCC)OC(=O)CCCCCCCCC/C=C\C/C=C\C/C=C\CC. The first kappa shape index (κ1) is 62.0. The van der Waals surface area contributed by atoms with Gasteiger partial charge in [-0.3, -0.25) is 9.59 Å². The Morgan fingerprint density at radius 1 is 0.348 bits per heavy atom. The Balaban J connectivity index is 4.45. The quantitative estimate of drug-likeness (QED) is 0.0346. The molecule has 0 fully saturated rings. The minimum atomic E-state index is -0.587. The molecule has 0 amide bonds. The highest BCUT2D eigenvalue weighted by Gasteiger charge is 2.17. The van der Waals surface area contributed by atoms with Gasteiger partial charge >= 0.3 is 11.9 Å². The molecule has 0 aliphatic rings. The maximum atomic E-state index is 12.8. The van der Waals surface area contributed by atoms with Crippen molar-refractivity contribution in [2.24, 2.45) is 0 Å². The third-order valence-electron chi connectivity index (χ3n) is 10.6. The van der Waals surface area contributed by atoms with Crippen molar-refractivity contribution in [1.82, 2.24) is 0 Å². The minimum Gasteiger partial charge on any atom is -0.462 e. The lowest BCUT2D eigenvalue weighted by Crippen LogP contribution is -2.30. The van der Waals surface area contributed by atoms with E-state index in [2.05, 4.69) is 148 Å². The molecule has 0 aromatic carbocycles. The molecule has 0 spiro atoms. The first-order chi connectivity index (χ1) is 32.6. The van der Waals surface area contributed by atoms with E-state index in [9.17, 15) is 9.59 Å². The maximum absolute atomic E-state index is 12.8. The minimum absolute atomic E-state index is 0.0281. The van der Waals surface area contributed by atoms with Gasteiger partial charge in [-0.1, -0.05) is 219 Å². The summed E-state index contributed by atoms with van der Waals surface area (Å²) < 4.78 is 17.3. The van der Waals surface area contributed by atoms with E-state index in [-0.39, 0.29) is 25.2 Å². The fourth-order valence-electron chi connectivity index (χ4n) is 6.76. The van der Waals surface area contributed by atoms with Crippen molar-refractivity contribution in [2.75, 3.05) is 19.8 Å². The summed E-state index contributed by atoms with van der Waals surface area (Å²) in [6, 6.07) is 0. The zero-order valence-corrected chi connectivity index (χ0v) is 42.7. The highest BCUT2D eigenvalue weighted by Crippen LogP contribution is 2.13. The van der Waals surface area contributed by atoms with Gasteiger partial charge in [0, 0.05) is 19.4 Å². The largest absolute Gasteiger partial charge is 0.462 e. The van der Waals surface area contributed by atoms with Gasteiger partial charge in [0.1, 0.15) is 6.61 Å². The second kappa shape index (κ2) is 55.4. The summed E-state index contributed by atoms with van der Waals surface area (Å²) in [4.78, 5) is 25.4. The van der Waals surface area contributed by atoms with Crippen molar-refractivity contribution in [1.29, 1.82) is 0 Å². The number of allylic oxidation sites excluding steroid dienone is 22. The van der Waals surface area contributed by atoms with Crippen LogP contribution in [0.4, 0.5) is 0 Å². The molecule has 1 unspecified atom stereocenters. The zero-order chi connectivity index (χ0) is 47.7. The summed E-state index contributed by atoms with van der Waals surface area (Å²) in [5, 5.41) is 0. The molecule has 0 radical (unpaired) electrons. The van der Waals surface area contributed by atoms with Crippen LogP contribution in [0.2, 0.25) is 0 Å². The van der Waals surface area contributed by atoms with E-state index in [0.717, 1.165) is 109 Å². The van der Waals surface area contributed by atoms with Gasteiger partial charge in [0.2, 0.25) is 0 Å². The molecule has 1 atom stereocenters. The number of rotatable bonds is 47. The Morgan fingerprint density at radius 3 is 1.15 bits per heavy atom. The summed E-state index contributed by atoms with van der Waals surface area (Å²) in [7, 11) is 0. The molecule has 0 rings (SSSR count). The van der Waals surface area contributed by atoms with Crippen LogP contribution in [-0.2, 0) is 23.8 Å². The third-order valence-corrected chi connectivity index (χ3v) is 10.6. The van der Waals surface area contributed by atoms with Gasteiger partial charge < -0.3 is 14.2 Å².